The highest BCUT2D eigenvalue weighted by Gasteiger charge is 2.24. The first kappa shape index (κ1) is 17.0. The van der Waals surface area contributed by atoms with Crippen LogP contribution in [0.5, 0.6) is 0 Å². The lowest BCUT2D eigenvalue weighted by Crippen LogP contribution is -2.25. The molecule has 0 radical (unpaired) electrons. The van der Waals surface area contributed by atoms with Crippen LogP contribution in [0.3, 0.4) is 0 Å². The fraction of sp³-hybridized carbons (Fsp3) is 0.200. The lowest BCUT2D eigenvalue weighted by molar-refractivity contribution is -0.117. The van der Waals surface area contributed by atoms with Gasteiger partial charge in [-0.2, -0.15) is 0 Å². The Morgan fingerprint density at radius 2 is 1.85 bits per heavy atom. The Kier molecular flexibility index (Phi) is 4.65. The van der Waals surface area contributed by atoms with Gasteiger partial charge in [-0.3, -0.25) is 9.59 Å². The van der Waals surface area contributed by atoms with Crippen LogP contribution in [0, 0.1) is 0 Å². The zero-order valence-electron chi connectivity index (χ0n) is 14.7. The van der Waals surface area contributed by atoms with E-state index in [1.807, 2.05) is 48.5 Å². The highest BCUT2D eigenvalue weighted by Crippen LogP contribution is 2.29. The van der Waals surface area contributed by atoms with Crippen LogP contribution in [0.1, 0.15) is 28.9 Å². The van der Waals surface area contributed by atoms with Crippen molar-refractivity contribution in [3.05, 3.63) is 72.1 Å². The number of amides is 2. The Balaban J connectivity index is 1.49. The minimum atomic E-state index is -0.353. The molecular weight excluding hydrogens is 342 g/mol. The van der Waals surface area contributed by atoms with Gasteiger partial charge in [0, 0.05) is 13.0 Å². The van der Waals surface area contributed by atoms with Gasteiger partial charge >= 0.3 is 0 Å². The van der Waals surface area contributed by atoms with Crippen molar-refractivity contribution in [2.45, 2.75) is 19.4 Å². The van der Waals surface area contributed by atoms with Gasteiger partial charge in [-0.25, -0.2) is 4.68 Å². The number of benzene rings is 2. The Bertz CT molecular complexity index is 967. The van der Waals surface area contributed by atoms with E-state index < -0.39 is 0 Å². The van der Waals surface area contributed by atoms with Crippen molar-refractivity contribution in [3.63, 3.8) is 0 Å². The van der Waals surface area contributed by atoms with Crippen molar-refractivity contribution < 1.29 is 9.59 Å². The lowest BCUT2D eigenvalue weighted by Gasteiger charge is -2.19. The van der Waals surface area contributed by atoms with E-state index in [0.717, 1.165) is 12.0 Å². The van der Waals surface area contributed by atoms with Crippen molar-refractivity contribution in [2.24, 2.45) is 0 Å². The molecule has 0 aliphatic carbocycles. The molecule has 1 aliphatic rings. The third-order valence-corrected chi connectivity index (χ3v) is 4.48. The average molecular weight is 361 g/mol. The summed E-state index contributed by atoms with van der Waals surface area (Å²) in [5.74, 6) is -0.279. The maximum Gasteiger partial charge on any atom is 0.277 e. The summed E-state index contributed by atoms with van der Waals surface area (Å²) >= 11 is 0. The van der Waals surface area contributed by atoms with E-state index >= 15 is 0 Å². The van der Waals surface area contributed by atoms with E-state index in [4.69, 9.17) is 0 Å². The van der Waals surface area contributed by atoms with Gasteiger partial charge in [-0.1, -0.05) is 47.7 Å². The Morgan fingerprint density at radius 3 is 2.63 bits per heavy atom. The molecule has 0 bridgehead atoms. The van der Waals surface area contributed by atoms with Gasteiger partial charge in [0.15, 0.2) is 5.69 Å². The maximum atomic E-state index is 12.6. The maximum absolute atomic E-state index is 12.6. The SMILES string of the molecule is O=C(Nc1ccccc1N1CCCC1=O)c1cn(Cc2ccccc2)nn1. The third kappa shape index (κ3) is 3.72. The molecule has 7 heteroatoms. The summed E-state index contributed by atoms with van der Waals surface area (Å²) in [4.78, 5) is 26.4. The fourth-order valence-corrected chi connectivity index (χ4v) is 3.15. The van der Waals surface area contributed by atoms with Gasteiger partial charge in [0.1, 0.15) is 0 Å². The number of aromatic nitrogens is 3. The number of hydrogen-bond donors (Lipinski definition) is 1. The van der Waals surface area contributed by atoms with Crippen LogP contribution in [0.15, 0.2) is 60.8 Å². The van der Waals surface area contributed by atoms with Crippen molar-refractivity contribution in [2.75, 3.05) is 16.8 Å². The predicted octanol–water partition coefficient (Wildman–Crippen LogP) is 2.71. The molecule has 136 valence electrons. The van der Waals surface area contributed by atoms with Crippen molar-refractivity contribution >= 4 is 23.2 Å². The molecule has 1 aliphatic heterocycles. The standard InChI is InChI=1S/C20H19N5O2/c26-19-11-6-12-25(19)18-10-5-4-9-16(18)21-20(27)17-14-24(23-22-17)13-15-7-2-1-3-8-15/h1-5,7-10,14H,6,11-13H2,(H,21,27). The molecule has 27 heavy (non-hydrogen) atoms. The van der Waals surface area contributed by atoms with Crippen LogP contribution >= 0.6 is 0 Å². The lowest BCUT2D eigenvalue weighted by atomic mass is 10.2. The molecule has 1 fully saturated rings. The first-order chi connectivity index (χ1) is 13.2. The van der Waals surface area contributed by atoms with E-state index in [1.54, 1.807) is 21.8 Å². The average Bonchev–Trinajstić information content (AvgIpc) is 3.32. The number of hydrogen-bond acceptors (Lipinski definition) is 4. The largest absolute Gasteiger partial charge is 0.319 e. The van der Waals surface area contributed by atoms with Crippen LogP contribution in [0.4, 0.5) is 11.4 Å². The molecule has 7 nitrogen and oxygen atoms in total. The van der Waals surface area contributed by atoms with Crippen LogP contribution < -0.4 is 10.2 Å². The fourth-order valence-electron chi connectivity index (χ4n) is 3.15. The normalized spacial score (nSPS) is 13.8. The number of para-hydroxylation sites is 2. The van der Waals surface area contributed by atoms with E-state index in [0.29, 0.717) is 30.9 Å². The zero-order chi connectivity index (χ0) is 18.6. The molecule has 0 atom stereocenters. The molecule has 3 aromatic rings. The highest BCUT2D eigenvalue weighted by molar-refractivity contribution is 6.07. The first-order valence-corrected chi connectivity index (χ1v) is 8.85. The van der Waals surface area contributed by atoms with Gasteiger partial charge in [-0.15, -0.1) is 5.10 Å². The summed E-state index contributed by atoms with van der Waals surface area (Å²) in [5, 5.41) is 10.9. The molecule has 2 amide bonds. The Labute approximate surface area is 156 Å². The molecule has 0 unspecified atom stereocenters. The van der Waals surface area contributed by atoms with E-state index in [2.05, 4.69) is 15.6 Å². The first-order valence-electron chi connectivity index (χ1n) is 8.85. The van der Waals surface area contributed by atoms with E-state index in [-0.39, 0.29) is 17.5 Å². The van der Waals surface area contributed by atoms with E-state index in [1.165, 1.54) is 0 Å². The molecule has 2 aromatic carbocycles. The molecule has 1 N–H and O–H groups in total. The Hall–Kier alpha value is -3.48. The van der Waals surface area contributed by atoms with Gasteiger partial charge in [-0.05, 0) is 24.1 Å². The predicted molar refractivity (Wildman–Crippen MR) is 102 cm³/mol. The molecule has 1 aromatic heterocycles. The molecule has 1 saturated heterocycles. The summed E-state index contributed by atoms with van der Waals surface area (Å²) in [6.45, 7) is 1.21. The summed E-state index contributed by atoms with van der Waals surface area (Å²) < 4.78 is 1.63. The monoisotopic (exact) mass is 361 g/mol. The second kappa shape index (κ2) is 7.41. The topological polar surface area (TPSA) is 80.1 Å². The second-order valence-corrected chi connectivity index (χ2v) is 6.41. The van der Waals surface area contributed by atoms with Crippen molar-refractivity contribution in [1.29, 1.82) is 0 Å². The van der Waals surface area contributed by atoms with Crippen LogP contribution in [0.2, 0.25) is 0 Å². The van der Waals surface area contributed by atoms with Crippen molar-refractivity contribution in [3.8, 4) is 0 Å². The molecular formula is C20H19N5O2. The van der Waals surface area contributed by atoms with Crippen LogP contribution in [0.25, 0.3) is 0 Å². The smallest absolute Gasteiger partial charge is 0.277 e. The molecule has 0 saturated carbocycles. The van der Waals surface area contributed by atoms with Crippen LogP contribution in [-0.2, 0) is 11.3 Å². The minimum Gasteiger partial charge on any atom is -0.319 e. The third-order valence-electron chi connectivity index (χ3n) is 4.48. The van der Waals surface area contributed by atoms with Gasteiger partial charge in [0.2, 0.25) is 5.91 Å². The zero-order valence-corrected chi connectivity index (χ0v) is 14.7. The van der Waals surface area contributed by atoms with Gasteiger partial charge in [0.05, 0.1) is 24.1 Å². The molecule has 4 rings (SSSR count). The number of nitrogens with zero attached hydrogens (tertiary/aromatic N) is 4. The highest BCUT2D eigenvalue weighted by atomic mass is 16.2. The molecule has 0 spiro atoms. The number of carbonyl (C=O) groups excluding carboxylic acids is 2. The molecule has 2 heterocycles. The van der Waals surface area contributed by atoms with Crippen molar-refractivity contribution in [1.82, 2.24) is 15.0 Å². The Morgan fingerprint density at radius 1 is 1.07 bits per heavy atom. The number of rotatable bonds is 5. The van der Waals surface area contributed by atoms with E-state index in [9.17, 15) is 9.59 Å². The van der Waals surface area contributed by atoms with Gasteiger partial charge in [0.25, 0.3) is 5.91 Å². The quantitative estimate of drug-likeness (QED) is 0.758. The summed E-state index contributed by atoms with van der Waals surface area (Å²) in [6.07, 6.45) is 2.98. The summed E-state index contributed by atoms with van der Waals surface area (Å²) in [5.41, 5.74) is 2.61. The number of anilines is 2. The van der Waals surface area contributed by atoms with Gasteiger partial charge < -0.3 is 10.2 Å². The van der Waals surface area contributed by atoms with Crippen LogP contribution in [-0.4, -0.2) is 33.4 Å². The number of nitrogens with one attached hydrogen (secondary N) is 1. The summed E-state index contributed by atoms with van der Waals surface area (Å²) in [7, 11) is 0. The second-order valence-electron chi connectivity index (χ2n) is 6.41. The number of carbonyl (C=O) groups is 2. The minimum absolute atomic E-state index is 0.0745. The summed E-state index contributed by atoms with van der Waals surface area (Å²) in [6, 6.07) is 17.1.